The van der Waals surface area contributed by atoms with E-state index < -0.39 is 0 Å². The number of nitrogens with zero attached hydrogens (tertiary/aromatic N) is 1. The summed E-state index contributed by atoms with van der Waals surface area (Å²) >= 11 is 0. The standard InChI is InChI=1S/C9H15N/c1-4-9(3)7-6-8-10(9)5-2/h4-5H,1-2,6-8H2,3H3. The van der Waals surface area contributed by atoms with Gasteiger partial charge in [0.1, 0.15) is 0 Å². The van der Waals surface area contributed by atoms with E-state index in [0.29, 0.717) is 0 Å². The predicted octanol–water partition coefficient (Wildman–Crippen LogP) is 2.17. The Balaban J connectivity index is 2.74. The van der Waals surface area contributed by atoms with Crippen molar-refractivity contribution in [2.45, 2.75) is 25.3 Å². The van der Waals surface area contributed by atoms with Gasteiger partial charge < -0.3 is 4.90 Å². The zero-order valence-electron chi connectivity index (χ0n) is 6.64. The third-order valence-electron chi connectivity index (χ3n) is 2.40. The van der Waals surface area contributed by atoms with E-state index in [9.17, 15) is 0 Å². The molecule has 0 radical (unpaired) electrons. The van der Waals surface area contributed by atoms with E-state index in [1.54, 1.807) is 0 Å². The summed E-state index contributed by atoms with van der Waals surface area (Å²) in [7, 11) is 0. The summed E-state index contributed by atoms with van der Waals surface area (Å²) in [4.78, 5) is 2.25. The van der Waals surface area contributed by atoms with Crippen molar-refractivity contribution in [3.8, 4) is 0 Å². The van der Waals surface area contributed by atoms with Crippen molar-refractivity contribution < 1.29 is 0 Å². The minimum Gasteiger partial charge on any atom is -0.369 e. The molecule has 0 N–H and O–H groups in total. The molecule has 1 heterocycles. The quantitative estimate of drug-likeness (QED) is 0.527. The monoisotopic (exact) mass is 137 g/mol. The van der Waals surface area contributed by atoms with Crippen LogP contribution >= 0.6 is 0 Å². The van der Waals surface area contributed by atoms with Crippen LogP contribution in [0.1, 0.15) is 19.8 Å². The molecule has 0 amide bonds. The maximum Gasteiger partial charge on any atom is 0.0548 e. The van der Waals surface area contributed by atoms with Crippen LogP contribution in [0.25, 0.3) is 0 Å². The molecule has 10 heavy (non-hydrogen) atoms. The molecule has 1 heteroatoms. The number of rotatable bonds is 2. The highest BCUT2D eigenvalue weighted by molar-refractivity contribution is 5.07. The second-order valence-corrected chi connectivity index (χ2v) is 3.04. The van der Waals surface area contributed by atoms with Crippen molar-refractivity contribution in [1.82, 2.24) is 4.90 Å². The van der Waals surface area contributed by atoms with Crippen LogP contribution < -0.4 is 0 Å². The Bertz CT molecular complexity index is 151. The Morgan fingerprint density at radius 2 is 2.20 bits per heavy atom. The van der Waals surface area contributed by atoms with E-state index in [1.165, 1.54) is 12.8 Å². The largest absolute Gasteiger partial charge is 0.369 e. The zero-order valence-corrected chi connectivity index (χ0v) is 6.64. The van der Waals surface area contributed by atoms with Crippen molar-refractivity contribution in [1.29, 1.82) is 0 Å². The molecule has 0 spiro atoms. The average molecular weight is 137 g/mol. The molecule has 1 unspecified atom stereocenters. The van der Waals surface area contributed by atoms with E-state index in [0.717, 1.165) is 6.54 Å². The van der Waals surface area contributed by atoms with Crippen molar-refractivity contribution in [3.05, 3.63) is 25.4 Å². The van der Waals surface area contributed by atoms with Crippen LogP contribution in [0, 0.1) is 0 Å². The molecule has 1 nitrogen and oxygen atoms in total. The van der Waals surface area contributed by atoms with Crippen molar-refractivity contribution in [2.75, 3.05) is 6.54 Å². The predicted molar refractivity (Wildman–Crippen MR) is 44.7 cm³/mol. The molecular weight excluding hydrogens is 122 g/mol. The lowest BCUT2D eigenvalue weighted by molar-refractivity contribution is 0.287. The summed E-state index contributed by atoms with van der Waals surface area (Å²) in [6.45, 7) is 10.9. The summed E-state index contributed by atoms with van der Waals surface area (Å²) < 4.78 is 0. The molecule has 0 aliphatic carbocycles. The Hall–Kier alpha value is -0.720. The lowest BCUT2D eigenvalue weighted by Gasteiger charge is -2.30. The van der Waals surface area contributed by atoms with Gasteiger partial charge in [0, 0.05) is 6.54 Å². The lowest BCUT2D eigenvalue weighted by Crippen LogP contribution is -2.34. The molecule has 1 saturated heterocycles. The molecule has 0 bridgehead atoms. The molecule has 56 valence electrons. The topological polar surface area (TPSA) is 3.24 Å². The maximum atomic E-state index is 3.82. The number of hydrogen-bond acceptors (Lipinski definition) is 1. The smallest absolute Gasteiger partial charge is 0.0548 e. The van der Waals surface area contributed by atoms with Gasteiger partial charge in [0.2, 0.25) is 0 Å². The number of likely N-dealkylation sites (tertiary alicyclic amines) is 1. The average Bonchev–Trinajstić information content (AvgIpc) is 2.32. The highest BCUT2D eigenvalue weighted by Gasteiger charge is 2.30. The van der Waals surface area contributed by atoms with Gasteiger partial charge in [0.05, 0.1) is 5.54 Å². The fraction of sp³-hybridized carbons (Fsp3) is 0.556. The highest BCUT2D eigenvalue weighted by Crippen LogP contribution is 2.29. The summed E-state index contributed by atoms with van der Waals surface area (Å²) in [5.41, 5.74) is 0.182. The molecular formula is C9H15N. The van der Waals surface area contributed by atoms with Crippen LogP contribution in [0.2, 0.25) is 0 Å². The maximum absolute atomic E-state index is 3.82. The Labute approximate surface area is 63.0 Å². The second kappa shape index (κ2) is 2.49. The molecule has 1 aliphatic heterocycles. The lowest BCUT2D eigenvalue weighted by atomic mass is 10.00. The van der Waals surface area contributed by atoms with E-state index in [-0.39, 0.29) is 5.54 Å². The van der Waals surface area contributed by atoms with Gasteiger partial charge in [-0.2, -0.15) is 0 Å². The molecule has 0 saturated carbocycles. The molecule has 1 aliphatic rings. The van der Waals surface area contributed by atoms with Crippen LogP contribution in [0.15, 0.2) is 25.4 Å². The fourth-order valence-corrected chi connectivity index (χ4v) is 1.53. The third kappa shape index (κ3) is 0.962. The van der Waals surface area contributed by atoms with Crippen LogP contribution in [-0.4, -0.2) is 17.0 Å². The normalized spacial score (nSPS) is 32.3. The van der Waals surface area contributed by atoms with Gasteiger partial charge >= 0.3 is 0 Å². The molecule has 0 aromatic carbocycles. The van der Waals surface area contributed by atoms with Crippen LogP contribution in [0.4, 0.5) is 0 Å². The van der Waals surface area contributed by atoms with Crippen molar-refractivity contribution in [3.63, 3.8) is 0 Å². The van der Waals surface area contributed by atoms with E-state index >= 15 is 0 Å². The van der Waals surface area contributed by atoms with Crippen molar-refractivity contribution >= 4 is 0 Å². The van der Waals surface area contributed by atoms with E-state index in [4.69, 9.17) is 0 Å². The Morgan fingerprint density at radius 3 is 2.60 bits per heavy atom. The first-order valence-corrected chi connectivity index (χ1v) is 3.76. The van der Waals surface area contributed by atoms with Crippen LogP contribution in [0.3, 0.4) is 0 Å². The van der Waals surface area contributed by atoms with Gasteiger partial charge in [-0.25, -0.2) is 0 Å². The minimum atomic E-state index is 0.182. The SMILES string of the molecule is C=CN1CCCC1(C)C=C. The van der Waals surface area contributed by atoms with Gasteiger partial charge in [0.25, 0.3) is 0 Å². The molecule has 0 aromatic rings. The van der Waals surface area contributed by atoms with E-state index in [1.807, 2.05) is 12.3 Å². The highest BCUT2D eigenvalue weighted by atomic mass is 15.2. The van der Waals surface area contributed by atoms with Gasteiger partial charge in [-0.3, -0.25) is 0 Å². The molecule has 1 atom stereocenters. The van der Waals surface area contributed by atoms with Crippen LogP contribution in [0.5, 0.6) is 0 Å². The summed E-state index contributed by atoms with van der Waals surface area (Å²) in [5.74, 6) is 0. The third-order valence-corrected chi connectivity index (χ3v) is 2.40. The Morgan fingerprint density at radius 1 is 1.50 bits per heavy atom. The first-order chi connectivity index (χ1) is 4.73. The second-order valence-electron chi connectivity index (χ2n) is 3.04. The molecule has 1 rings (SSSR count). The molecule has 1 fully saturated rings. The summed E-state index contributed by atoms with van der Waals surface area (Å²) in [5, 5.41) is 0. The fourth-order valence-electron chi connectivity index (χ4n) is 1.53. The van der Waals surface area contributed by atoms with Crippen molar-refractivity contribution in [2.24, 2.45) is 0 Å². The van der Waals surface area contributed by atoms with Gasteiger partial charge in [-0.05, 0) is 26.0 Å². The first-order valence-electron chi connectivity index (χ1n) is 3.76. The minimum absolute atomic E-state index is 0.182. The number of hydrogen-bond donors (Lipinski definition) is 0. The summed E-state index contributed by atoms with van der Waals surface area (Å²) in [6, 6.07) is 0. The van der Waals surface area contributed by atoms with Gasteiger partial charge in [-0.15, -0.1) is 6.58 Å². The Kier molecular flexibility index (Phi) is 1.84. The zero-order chi connectivity index (χ0) is 7.61. The molecule has 0 aromatic heterocycles. The van der Waals surface area contributed by atoms with Crippen LogP contribution in [-0.2, 0) is 0 Å². The first kappa shape index (κ1) is 7.39. The summed E-state index contributed by atoms with van der Waals surface area (Å²) in [6.07, 6.45) is 6.40. The van der Waals surface area contributed by atoms with Gasteiger partial charge in [-0.1, -0.05) is 12.7 Å². The van der Waals surface area contributed by atoms with Gasteiger partial charge in [0.15, 0.2) is 0 Å². The van der Waals surface area contributed by atoms with E-state index in [2.05, 4.69) is 25.0 Å².